The molecule has 1 saturated heterocycles. The number of ether oxygens (including phenoxy) is 1. The normalized spacial score (nSPS) is 15.2. The fraction of sp³-hybridized carbons (Fsp3) is 0.292. The van der Waals surface area contributed by atoms with E-state index in [1.165, 1.54) is 48.2 Å². The zero-order chi connectivity index (χ0) is 25.5. The molecule has 2 N–H and O–H groups in total. The van der Waals surface area contributed by atoms with E-state index in [-0.39, 0.29) is 37.1 Å². The molecule has 1 aliphatic rings. The molecule has 1 aliphatic heterocycles. The Labute approximate surface area is 207 Å². The topological polar surface area (TPSA) is 108 Å². The second kappa shape index (κ2) is 11.5. The molecule has 0 aliphatic carbocycles. The number of esters is 1. The molecule has 0 saturated carbocycles. The molecular weight excluding hydrogens is 475 g/mol. The molecule has 35 heavy (non-hydrogen) atoms. The van der Waals surface area contributed by atoms with Crippen molar-refractivity contribution < 1.29 is 28.3 Å². The zero-order valence-corrected chi connectivity index (χ0v) is 20.1. The molecule has 2 aromatic carbocycles. The molecule has 0 bridgehead atoms. The van der Waals surface area contributed by atoms with Gasteiger partial charge in [-0.15, -0.1) is 0 Å². The number of hydrogen-bond acceptors (Lipinski definition) is 6. The Morgan fingerprint density at radius 2 is 1.74 bits per heavy atom. The highest BCUT2D eigenvalue weighted by molar-refractivity contribution is 7.80. The maximum absolute atomic E-state index is 13.4. The Hall–Kier alpha value is -3.86. The van der Waals surface area contributed by atoms with Gasteiger partial charge in [-0.2, -0.15) is 0 Å². The van der Waals surface area contributed by atoms with Crippen molar-refractivity contribution in [3.63, 3.8) is 0 Å². The molecule has 0 unspecified atom stereocenters. The fourth-order valence-electron chi connectivity index (χ4n) is 3.56. The van der Waals surface area contributed by atoms with Crippen LogP contribution in [0.1, 0.15) is 30.6 Å². The smallest absolute Gasteiger partial charge is 0.338 e. The molecule has 1 heterocycles. The highest BCUT2D eigenvalue weighted by atomic mass is 32.1. The van der Waals surface area contributed by atoms with Crippen molar-refractivity contribution in [3.05, 3.63) is 59.9 Å². The highest BCUT2D eigenvalue weighted by Gasteiger charge is 2.44. The van der Waals surface area contributed by atoms with Gasteiger partial charge in [0.15, 0.2) is 5.11 Å². The van der Waals surface area contributed by atoms with E-state index >= 15 is 0 Å². The minimum Gasteiger partial charge on any atom is -0.462 e. The fourth-order valence-corrected chi connectivity index (χ4v) is 3.97. The van der Waals surface area contributed by atoms with E-state index in [4.69, 9.17) is 17.0 Å². The van der Waals surface area contributed by atoms with Gasteiger partial charge in [0.25, 0.3) is 5.91 Å². The van der Waals surface area contributed by atoms with E-state index in [9.17, 15) is 23.6 Å². The van der Waals surface area contributed by atoms with E-state index in [1.807, 2.05) is 0 Å². The number of carbonyl (C=O) groups excluding carboxylic acids is 4. The number of amides is 3. The van der Waals surface area contributed by atoms with Crippen LogP contribution in [0.25, 0.3) is 0 Å². The van der Waals surface area contributed by atoms with Crippen molar-refractivity contribution in [2.75, 3.05) is 29.9 Å². The number of rotatable bonds is 9. The summed E-state index contributed by atoms with van der Waals surface area (Å²) in [6.45, 7) is 3.73. The van der Waals surface area contributed by atoms with Crippen LogP contribution in [0.2, 0.25) is 0 Å². The number of thiocarbonyl (C=S) groups is 1. The van der Waals surface area contributed by atoms with E-state index in [2.05, 4.69) is 10.6 Å². The third-order valence-corrected chi connectivity index (χ3v) is 5.61. The lowest BCUT2D eigenvalue weighted by Crippen LogP contribution is -2.42. The standard InChI is InChI=1S/C24H25FN4O5S/c1-3-34-23(33)16-4-10-19(11-5-16)29-22(32)20(28(24(29)35)13-12-26-15(2)30)14-21(31)27-18-8-6-17(25)7-9-18/h4-11,20H,3,12-14H2,1-2H3,(H,26,30)(H,27,31)/t20-/m1/s1. The zero-order valence-electron chi connectivity index (χ0n) is 19.2. The van der Waals surface area contributed by atoms with Crippen molar-refractivity contribution in [1.82, 2.24) is 10.2 Å². The number of carbonyl (C=O) groups is 4. The first-order valence-electron chi connectivity index (χ1n) is 10.9. The maximum atomic E-state index is 13.4. The van der Waals surface area contributed by atoms with Crippen LogP contribution in [0.3, 0.4) is 0 Å². The van der Waals surface area contributed by atoms with Gasteiger partial charge in [-0.1, -0.05) is 0 Å². The number of halogens is 1. The van der Waals surface area contributed by atoms with Gasteiger partial charge in [0.1, 0.15) is 11.9 Å². The highest BCUT2D eigenvalue weighted by Crippen LogP contribution is 2.27. The molecule has 3 rings (SSSR count). The Balaban J connectivity index is 1.80. The van der Waals surface area contributed by atoms with Crippen LogP contribution in [0.4, 0.5) is 15.8 Å². The second-order valence-corrected chi connectivity index (χ2v) is 8.04. The van der Waals surface area contributed by atoms with Gasteiger partial charge in [-0.05, 0) is 67.7 Å². The molecule has 11 heteroatoms. The Morgan fingerprint density at radius 3 is 2.34 bits per heavy atom. The number of nitrogens with one attached hydrogen (secondary N) is 2. The van der Waals surface area contributed by atoms with Crippen LogP contribution in [-0.2, 0) is 19.1 Å². The van der Waals surface area contributed by atoms with Crippen LogP contribution in [-0.4, -0.2) is 59.4 Å². The van der Waals surface area contributed by atoms with Gasteiger partial charge in [0.2, 0.25) is 11.8 Å². The van der Waals surface area contributed by atoms with Crippen molar-refractivity contribution in [2.45, 2.75) is 26.3 Å². The minimum absolute atomic E-state index is 0.170. The van der Waals surface area contributed by atoms with Crippen molar-refractivity contribution in [3.8, 4) is 0 Å². The number of benzene rings is 2. The summed E-state index contributed by atoms with van der Waals surface area (Å²) in [6.07, 6.45) is -0.214. The first kappa shape index (κ1) is 25.8. The summed E-state index contributed by atoms with van der Waals surface area (Å²) in [7, 11) is 0. The molecule has 184 valence electrons. The number of hydrogen-bond donors (Lipinski definition) is 2. The summed E-state index contributed by atoms with van der Waals surface area (Å²) in [5.74, 6) is -2.04. The van der Waals surface area contributed by atoms with Gasteiger partial charge in [0, 0.05) is 25.7 Å². The van der Waals surface area contributed by atoms with Crippen molar-refractivity contribution in [1.29, 1.82) is 0 Å². The van der Waals surface area contributed by atoms with Gasteiger partial charge in [0.05, 0.1) is 24.3 Å². The lowest BCUT2D eigenvalue weighted by atomic mass is 10.1. The van der Waals surface area contributed by atoms with Crippen molar-refractivity contribution >= 4 is 52.4 Å². The SMILES string of the molecule is CCOC(=O)c1ccc(N2C(=O)[C@@H](CC(=O)Nc3ccc(F)cc3)N(CCNC(C)=O)C2=S)cc1. The molecule has 3 amide bonds. The second-order valence-electron chi connectivity index (χ2n) is 7.67. The first-order valence-corrected chi connectivity index (χ1v) is 11.3. The largest absolute Gasteiger partial charge is 0.462 e. The predicted octanol–water partition coefficient (Wildman–Crippen LogP) is 2.47. The summed E-state index contributed by atoms with van der Waals surface area (Å²) < 4.78 is 18.1. The molecule has 2 aromatic rings. The lowest BCUT2D eigenvalue weighted by Gasteiger charge is -2.24. The van der Waals surface area contributed by atoms with Crippen LogP contribution < -0.4 is 15.5 Å². The Bertz CT molecular complexity index is 1120. The monoisotopic (exact) mass is 500 g/mol. The van der Waals surface area contributed by atoms with Gasteiger partial charge in [-0.3, -0.25) is 19.3 Å². The van der Waals surface area contributed by atoms with Crippen LogP contribution in [0.5, 0.6) is 0 Å². The summed E-state index contributed by atoms with van der Waals surface area (Å²) in [6, 6.07) is 10.5. The van der Waals surface area contributed by atoms with Gasteiger partial charge >= 0.3 is 5.97 Å². The van der Waals surface area contributed by atoms with Crippen LogP contribution in [0.15, 0.2) is 48.5 Å². The quantitative estimate of drug-likeness (QED) is 0.402. The molecule has 9 nitrogen and oxygen atoms in total. The van der Waals surface area contributed by atoms with E-state index in [0.717, 1.165) is 0 Å². The third kappa shape index (κ3) is 6.38. The maximum Gasteiger partial charge on any atom is 0.338 e. The molecule has 0 aromatic heterocycles. The van der Waals surface area contributed by atoms with E-state index < -0.39 is 29.6 Å². The summed E-state index contributed by atoms with van der Waals surface area (Å²) in [4.78, 5) is 52.2. The van der Waals surface area contributed by atoms with Crippen LogP contribution in [0, 0.1) is 5.82 Å². The average Bonchev–Trinajstić information content (AvgIpc) is 3.04. The lowest BCUT2D eigenvalue weighted by molar-refractivity contribution is -0.124. The van der Waals surface area contributed by atoms with E-state index in [1.54, 1.807) is 24.0 Å². The Kier molecular flexibility index (Phi) is 8.48. The third-order valence-electron chi connectivity index (χ3n) is 5.19. The average molecular weight is 501 g/mol. The van der Waals surface area contributed by atoms with Gasteiger partial charge in [-0.25, -0.2) is 9.18 Å². The summed E-state index contributed by atoms with van der Waals surface area (Å²) >= 11 is 5.55. The summed E-state index contributed by atoms with van der Waals surface area (Å²) in [5.41, 5.74) is 1.14. The van der Waals surface area contributed by atoms with Crippen molar-refractivity contribution in [2.24, 2.45) is 0 Å². The number of nitrogens with zero attached hydrogens (tertiary/aromatic N) is 2. The molecule has 1 fully saturated rings. The minimum atomic E-state index is -0.915. The molecule has 0 spiro atoms. The Morgan fingerprint density at radius 1 is 1.09 bits per heavy atom. The van der Waals surface area contributed by atoms with Crippen LogP contribution >= 0.6 is 12.2 Å². The van der Waals surface area contributed by atoms with Gasteiger partial charge < -0.3 is 20.3 Å². The summed E-state index contributed by atoms with van der Waals surface area (Å²) in [5, 5.41) is 5.47. The first-order chi connectivity index (χ1) is 16.7. The van der Waals surface area contributed by atoms with E-state index in [0.29, 0.717) is 16.9 Å². The molecule has 1 atom stereocenters. The number of anilines is 2. The predicted molar refractivity (Wildman–Crippen MR) is 131 cm³/mol. The molecular formula is C24H25FN4O5S. The molecule has 0 radical (unpaired) electrons.